The van der Waals surface area contributed by atoms with E-state index in [-0.39, 0.29) is 10.6 Å². The number of hydrogen-bond donors (Lipinski definition) is 2. The van der Waals surface area contributed by atoms with Gasteiger partial charge in [-0.1, -0.05) is 36.5 Å². The van der Waals surface area contributed by atoms with E-state index < -0.39 is 17.9 Å². The standard InChI is InChI=1S/C12H13Cl2NO3/c1-2-3-10(12(17)18)15-11(16)7-4-5-8(13)9(14)6-7/h4-6,10H,2-3H2,1H3,(H,15,16)(H,17,18)/t10-/m1/s1. The third kappa shape index (κ3) is 3.89. The van der Waals surface area contributed by atoms with Crippen molar-refractivity contribution < 1.29 is 14.7 Å². The molecule has 18 heavy (non-hydrogen) atoms. The lowest BCUT2D eigenvalue weighted by Gasteiger charge is -2.13. The minimum Gasteiger partial charge on any atom is -0.480 e. The number of halogens is 2. The molecule has 0 aromatic heterocycles. The molecule has 0 heterocycles. The van der Waals surface area contributed by atoms with Gasteiger partial charge in [0.15, 0.2) is 0 Å². The van der Waals surface area contributed by atoms with Crippen LogP contribution in [0.25, 0.3) is 0 Å². The summed E-state index contributed by atoms with van der Waals surface area (Å²) in [7, 11) is 0. The summed E-state index contributed by atoms with van der Waals surface area (Å²) in [4.78, 5) is 22.7. The zero-order valence-corrected chi connectivity index (χ0v) is 11.3. The van der Waals surface area contributed by atoms with Crippen molar-refractivity contribution in [3.05, 3.63) is 33.8 Å². The number of amides is 1. The fourth-order valence-electron chi connectivity index (χ4n) is 1.43. The van der Waals surface area contributed by atoms with E-state index >= 15 is 0 Å². The Labute approximate surface area is 115 Å². The summed E-state index contributed by atoms with van der Waals surface area (Å²) in [6, 6.07) is 3.50. The first-order chi connectivity index (χ1) is 8.45. The van der Waals surface area contributed by atoms with Crippen molar-refractivity contribution in [1.82, 2.24) is 5.32 Å². The summed E-state index contributed by atoms with van der Waals surface area (Å²) < 4.78 is 0. The maximum absolute atomic E-state index is 11.8. The molecule has 0 saturated carbocycles. The van der Waals surface area contributed by atoms with Crippen molar-refractivity contribution in [2.75, 3.05) is 0 Å². The molecule has 1 aromatic carbocycles. The van der Waals surface area contributed by atoms with Crippen molar-refractivity contribution in [3.63, 3.8) is 0 Å². The minimum absolute atomic E-state index is 0.256. The van der Waals surface area contributed by atoms with Crippen LogP contribution in [0.2, 0.25) is 10.0 Å². The van der Waals surface area contributed by atoms with Gasteiger partial charge in [0.25, 0.3) is 5.91 Å². The van der Waals surface area contributed by atoms with Crippen molar-refractivity contribution in [2.45, 2.75) is 25.8 Å². The number of carboxylic acid groups (broad SMARTS) is 1. The Bertz CT molecular complexity index is 463. The minimum atomic E-state index is -1.05. The van der Waals surface area contributed by atoms with Gasteiger partial charge in [0.2, 0.25) is 0 Å². The lowest BCUT2D eigenvalue weighted by atomic mass is 10.1. The van der Waals surface area contributed by atoms with Crippen LogP contribution in [-0.4, -0.2) is 23.0 Å². The predicted octanol–water partition coefficient (Wildman–Crippen LogP) is 2.98. The molecule has 0 aliphatic carbocycles. The zero-order chi connectivity index (χ0) is 13.7. The number of carbonyl (C=O) groups is 2. The molecule has 1 amide bonds. The number of hydrogen-bond acceptors (Lipinski definition) is 2. The van der Waals surface area contributed by atoms with E-state index in [1.165, 1.54) is 18.2 Å². The number of aliphatic carboxylic acids is 1. The molecular formula is C12H13Cl2NO3. The molecule has 1 rings (SSSR count). The highest BCUT2D eigenvalue weighted by atomic mass is 35.5. The summed E-state index contributed by atoms with van der Waals surface area (Å²) in [5, 5.41) is 12.0. The number of carbonyl (C=O) groups excluding carboxylic acids is 1. The summed E-state index contributed by atoms with van der Waals surface area (Å²) in [5.41, 5.74) is 0.284. The molecule has 0 fully saturated rings. The van der Waals surface area contributed by atoms with Gasteiger partial charge < -0.3 is 10.4 Å². The highest BCUT2D eigenvalue weighted by Gasteiger charge is 2.19. The summed E-state index contributed by atoms with van der Waals surface area (Å²) in [6.45, 7) is 1.85. The number of carboxylic acids is 1. The molecule has 2 N–H and O–H groups in total. The Kier molecular flexibility index (Phi) is 5.44. The molecule has 0 aliphatic heterocycles. The fourth-order valence-corrected chi connectivity index (χ4v) is 1.72. The Morgan fingerprint density at radius 3 is 2.50 bits per heavy atom. The van der Waals surface area contributed by atoms with E-state index in [9.17, 15) is 9.59 Å². The second-order valence-electron chi connectivity index (χ2n) is 3.78. The Morgan fingerprint density at radius 2 is 2.00 bits per heavy atom. The van der Waals surface area contributed by atoms with E-state index in [1.54, 1.807) is 0 Å². The molecule has 0 unspecified atom stereocenters. The highest BCUT2D eigenvalue weighted by molar-refractivity contribution is 6.42. The maximum atomic E-state index is 11.8. The number of benzene rings is 1. The molecule has 98 valence electrons. The highest BCUT2D eigenvalue weighted by Crippen LogP contribution is 2.22. The van der Waals surface area contributed by atoms with Crippen LogP contribution in [0.4, 0.5) is 0 Å². The van der Waals surface area contributed by atoms with Crippen LogP contribution in [0.15, 0.2) is 18.2 Å². The van der Waals surface area contributed by atoms with Crippen molar-refractivity contribution in [3.8, 4) is 0 Å². The first kappa shape index (κ1) is 14.8. The van der Waals surface area contributed by atoms with E-state index in [1.807, 2.05) is 6.92 Å². The zero-order valence-electron chi connectivity index (χ0n) is 9.74. The van der Waals surface area contributed by atoms with Gasteiger partial charge in [-0.15, -0.1) is 0 Å². The van der Waals surface area contributed by atoms with Crippen LogP contribution in [0.1, 0.15) is 30.1 Å². The molecule has 1 atom stereocenters. The SMILES string of the molecule is CCC[C@@H](NC(=O)c1ccc(Cl)c(Cl)c1)C(=O)O. The van der Waals surface area contributed by atoms with Crippen molar-refractivity contribution in [1.29, 1.82) is 0 Å². The summed E-state index contributed by atoms with van der Waals surface area (Å²) in [6.07, 6.45) is 1.04. The third-order valence-corrected chi connectivity index (χ3v) is 3.10. The van der Waals surface area contributed by atoms with Crippen LogP contribution in [0.3, 0.4) is 0 Å². The Hall–Kier alpha value is -1.26. The maximum Gasteiger partial charge on any atom is 0.326 e. The second kappa shape index (κ2) is 6.61. The van der Waals surface area contributed by atoms with Gasteiger partial charge in [0.1, 0.15) is 6.04 Å². The molecule has 4 nitrogen and oxygen atoms in total. The van der Waals surface area contributed by atoms with Crippen molar-refractivity contribution in [2.24, 2.45) is 0 Å². The first-order valence-electron chi connectivity index (χ1n) is 5.44. The fraction of sp³-hybridized carbons (Fsp3) is 0.333. The molecular weight excluding hydrogens is 277 g/mol. The monoisotopic (exact) mass is 289 g/mol. The molecule has 0 bridgehead atoms. The van der Waals surface area contributed by atoms with Gasteiger partial charge in [-0.25, -0.2) is 4.79 Å². The van der Waals surface area contributed by atoms with Crippen LogP contribution in [0.5, 0.6) is 0 Å². The van der Waals surface area contributed by atoms with Gasteiger partial charge in [0, 0.05) is 5.56 Å². The van der Waals surface area contributed by atoms with Gasteiger partial charge in [-0.2, -0.15) is 0 Å². The molecule has 0 radical (unpaired) electrons. The van der Waals surface area contributed by atoms with Crippen LogP contribution in [-0.2, 0) is 4.79 Å². The van der Waals surface area contributed by atoms with Gasteiger partial charge in [-0.3, -0.25) is 4.79 Å². The normalized spacial score (nSPS) is 11.9. The lowest BCUT2D eigenvalue weighted by Crippen LogP contribution is -2.40. The second-order valence-corrected chi connectivity index (χ2v) is 4.60. The Balaban J connectivity index is 2.80. The smallest absolute Gasteiger partial charge is 0.326 e. The molecule has 0 saturated heterocycles. The predicted molar refractivity (Wildman–Crippen MR) is 70.3 cm³/mol. The average molecular weight is 290 g/mol. The number of nitrogens with one attached hydrogen (secondary N) is 1. The van der Waals surface area contributed by atoms with Crippen LogP contribution in [0, 0.1) is 0 Å². The van der Waals surface area contributed by atoms with Crippen LogP contribution < -0.4 is 5.32 Å². The van der Waals surface area contributed by atoms with E-state index in [4.69, 9.17) is 28.3 Å². The van der Waals surface area contributed by atoms with Crippen LogP contribution >= 0.6 is 23.2 Å². The molecule has 6 heteroatoms. The van der Waals surface area contributed by atoms with E-state index in [0.717, 1.165) is 0 Å². The van der Waals surface area contributed by atoms with Crippen molar-refractivity contribution >= 4 is 35.1 Å². The van der Waals surface area contributed by atoms with Gasteiger partial charge in [-0.05, 0) is 24.6 Å². The summed E-state index contributed by atoms with van der Waals surface area (Å²) in [5.74, 6) is -1.53. The largest absolute Gasteiger partial charge is 0.480 e. The molecule has 0 spiro atoms. The molecule has 1 aromatic rings. The van der Waals surface area contributed by atoms with E-state index in [2.05, 4.69) is 5.32 Å². The number of rotatable bonds is 5. The van der Waals surface area contributed by atoms with Gasteiger partial charge >= 0.3 is 5.97 Å². The van der Waals surface area contributed by atoms with E-state index in [0.29, 0.717) is 17.9 Å². The quantitative estimate of drug-likeness (QED) is 0.876. The topological polar surface area (TPSA) is 66.4 Å². The van der Waals surface area contributed by atoms with Gasteiger partial charge in [0.05, 0.1) is 10.0 Å². The lowest BCUT2D eigenvalue weighted by molar-refractivity contribution is -0.139. The Morgan fingerprint density at radius 1 is 1.33 bits per heavy atom. The average Bonchev–Trinajstić information content (AvgIpc) is 2.31. The summed E-state index contributed by atoms with van der Waals surface area (Å²) >= 11 is 11.5. The first-order valence-corrected chi connectivity index (χ1v) is 6.20. The molecule has 0 aliphatic rings. The third-order valence-electron chi connectivity index (χ3n) is 2.36.